The van der Waals surface area contributed by atoms with E-state index in [4.69, 9.17) is 16.3 Å². The van der Waals surface area contributed by atoms with E-state index >= 15 is 0 Å². The molecule has 132 valence electrons. The quantitative estimate of drug-likeness (QED) is 0.540. The highest BCUT2D eigenvalue weighted by Crippen LogP contribution is 2.30. The number of halogens is 1. The van der Waals surface area contributed by atoms with E-state index in [1.165, 1.54) is 0 Å². The molecule has 0 fully saturated rings. The summed E-state index contributed by atoms with van der Waals surface area (Å²) in [6, 6.07) is 24.3. The Morgan fingerprint density at radius 1 is 0.962 bits per heavy atom. The van der Waals surface area contributed by atoms with E-state index in [9.17, 15) is 4.79 Å². The highest BCUT2D eigenvalue weighted by molar-refractivity contribution is 6.31. The number of carbonyl (C=O) groups is 1. The minimum Gasteiger partial charge on any atom is -0.497 e. The molecule has 3 rings (SSSR count). The molecule has 1 unspecified atom stereocenters. The van der Waals surface area contributed by atoms with Crippen molar-refractivity contribution in [3.8, 4) is 5.75 Å². The molecule has 0 aromatic heterocycles. The maximum Gasteiger partial charge on any atom is 0.165 e. The fourth-order valence-electron chi connectivity index (χ4n) is 2.81. The number of carbonyl (C=O) groups excluding carboxylic acids is 1. The molecule has 0 heterocycles. The first-order valence-electron chi connectivity index (χ1n) is 8.40. The average molecular weight is 366 g/mol. The highest BCUT2D eigenvalue weighted by Gasteiger charge is 2.19. The second-order valence-corrected chi connectivity index (χ2v) is 6.35. The third-order valence-electron chi connectivity index (χ3n) is 4.20. The lowest BCUT2D eigenvalue weighted by Gasteiger charge is -2.21. The number of ketones is 1. The van der Waals surface area contributed by atoms with E-state index in [-0.39, 0.29) is 11.8 Å². The van der Waals surface area contributed by atoms with Crippen molar-refractivity contribution in [2.45, 2.75) is 12.5 Å². The van der Waals surface area contributed by atoms with Gasteiger partial charge in [0.25, 0.3) is 0 Å². The molecule has 0 saturated heterocycles. The largest absolute Gasteiger partial charge is 0.497 e. The van der Waals surface area contributed by atoms with Crippen LogP contribution in [-0.4, -0.2) is 12.9 Å². The SMILES string of the molecule is COc1ccc(NC(CC(=O)c2ccccc2)c2ccccc2Cl)cc1. The first-order valence-corrected chi connectivity index (χ1v) is 8.78. The zero-order chi connectivity index (χ0) is 18.4. The molecule has 0 aliphatic rings. The number of ether oxygens (including phenoxy) is 1. The molecule has 1 N–H and O–H groups in total. The Balaban J connectivity index is 1.86. The van der Waals surface area contributed by atoms with Gasteiger partial charge in [0.05, 0.1) is 13.2 Å². The zero-order valence-corrected chi connectivity index (χ0v) is 15.2. The van der Waals surface area contributed by atoms with E-state index in [1.54, 1.807) is 7.11 Å². The van der Waals surface area contributed by atoms with Gasteiger partial charge in [0.1, 0.15) is 5.75 Å². The van der Waals surface area contributed by atoms with Crippen LogP contribution in [0, 0.1) is 0 Å². The Bertz CT molecular complexity index is 863. The van der Waals surface area contributed by atoms with Crippen molar-refractivity contribution >= 4 is 23.1 Å². The van der Waals surface area contributed by atoms with Crippen LogP contribution in [0.2, 0.25) is 5.02 Å². The Morgan fingerprint density at radius 2 is 1.62 bits per heavy atom. The van der Waals surface area contributed by atoms with Crippen molar-refractivity contribution in [1.82, 2.24) is 0 Å². The third-order valence-corrected chi connectivity index (χ3v) is 4.54. The van der Waals surface area contributed by atoms with Crippen LogP contribution < -0.4 is 10.1 Å². The molecule has 0 saturated carbocycles. The minimum atomic E-state index is -0.232. The number of Topliss-reactive ketones (excluding diaryl/α,β-unsaturated/α-hetero) is 1. The number of benzene rings is 3. The Labute approximate surface area is 158 Å². The van der Waals surface area contributed by atoms with Crippen LogP contribution >= 0.6 is 11.6 Å². The monoisotopic (exact) mass is 365 g/mol. The summed E-state index contributed by atoms with van der Waals surface area (Å²) in [7, 11) is 1.63. The van der Waals surface area contributed by atoms with Crippen LogP contribution in [0.25, 0.3) is 0 Å². The lowest BCUT2D eigenvalue weighted by Crippen LogP contribution is -2.16. The summed E-state index contributed by atoms with van der Waals surface area (Å²) >= 11 is 6.39. The number of anilines is 1. The van der Waals surface area contributed by atoms with E-state index < -0.39 is 0 Å². The van der Waals surface area contributed by atoms with E-state index in [0.717, 1.165) is 17.0 Å². The van der Waals surface area contributed by atoms with Crippen molar-refractivity contribution in [3.05, 3.63) is 95.0 Å². The number of methoxy groups -OCH3 is 1. The van der Waals surface area contributed by atoms with Gasteiger partial charge in [0.15, 0.2) is 5.78 Å². The number of hydrogen-bond acceptors (Lipinski definition) is 3. The fraction of sp³-hybridized carbons (Fsp3) is 0.136. The Hall–Kier alpha value is -2.78. The molecule has 3 nitrogen and oxygen atoms in total. The van der Waals surface area contributed by atoms with E-state index in [0.29, 0.717) is 17.0 Å². The molecule has 26 heavy (non-hydrogen) atoms. The summed E-state index contributed by atoms with van der Waals surface area (Å²) in [6.45, 7) is 0. The summed E-state index contributed by atoms with van der Waals surface area (Å²) in [4.78, 5) is 12.7. The predicted octanol–water partition coefficient (Wildman–Crippen LogP) is 5.77. The van der Waals surface area contributed by atoms with Gasteiger partial charge in [0.2, 0.25) is 0 Å². The Morgan fingerprint density at radius 3 is 2.27 bits per heavy atom. The van der Waals surface area contributed by atoms with Gasteiger partial charge in [0, 0.05) is 22.7 Å². The van der Waals surface area contributed by atoms with Gasteiger partial charge in [-0.1, -0.05) is 60.1 Å². The zero-order valence-electron chi connectivity index (χ0n) is 14.5. The summed E-state index contributed by atoms with van der Waals surface area (Å²) in [5.74, 6) is 0.849. The molecular weight excluding hydrogens is 346 g/mol. The molecule has 0 spiro atoms. The molecule has 0 aliphatic heterocycles. The smallest absolute Gasteiger partial charge is 0.165 e. The number of nitrogens with one attached hydrogen (secondary N) is 1. The topological polar surface area (TPSA) is 38.3 Å². The van der Waals surface area contributed by atoms with Crippen LogP contribution in [-0.2, 0) is 0 Å². The van der Waals surface area contributed by atoms with Gasteiger partial charge < -0.3 is 10.1 Å². The molecule has 0 aliphatic carbocycles. The maximum atomic E-state index is 12.7. The van der Waals surface area contributed by atoms with Crippen LogP contribution in [0.15, 0.2) is 78.9 Å². The van der Waals surface area contributed by atoms with Gasteiger partial charge in [-0.2, -0.15) is 0 Å². The van der Waals surface area contributed by atoms with Crippen molar-refractivity contribution < 1.29 is 9.53 Å². The van der Waals surface area contributed by atoms with Crippen LogP contribution in [0.3, 0.4) is 0 Å². The highest BCUT2D eigenvalue weighted by atomic mass is 35.5. The van der Waals surface area contributed by atoms with E-state index in [1.807, 2.05) is 78.9 Å². The van der Waals surface area contributed by atoms with E-state index in [2.05, 4.69) is 5.32 Å². The molecule has 0 bridgehead atoms. The first kappa shape index (κ1) is 18.0. The summed E-state index contributed by atoms with van der Waals surface area (Å²) in [5.41, 5.74) is 2.49. The van der Waals surface area contributed by atoms with Crippen molar-refractivity contribution in [1.29, 1.82) is 0 Å². The van der Waals surface area contributed by atoms with Crippen LogP contribution in [0.4, 0.5) is 5.69 Å². The normalized spacial score (nSPS) is 11.6. The first-order chi connectivity index (χ1) is 12.7. The maximum absolute atomic E-state index is 12.7. The minimum absolute atomic E-state index is 0.0662. The van der Waals surface area contributed by atoms with Gasteiger partial charge in [-0.15, -0.1) is 0 Å². The van der Waals surface area contributed by atoms with Crippen molar-refractivity contribution in [2.75, 3.05) is 12.4 Å². The number of rotatable bonds is 7. The van der Waals surface area contributed by atoms with Gasteiger partial charge in [-0.3, -0.25) is 4.79 Å². The predicted molar refractivity (Wildman–Crippen MR) is 106 cm³/mol. The van der Waals surface area contributed by atoms with Crippen LogP contribution in [0.1, 0.15) is 28.4 Å². The standard InChI is InChI=1S/C22H20ClNO2/c1-26-18-13-11-17(12-14-18)24-21(19-9-5-6-10-20(19)23)15-22(25)16-7-3-2-4-8-16/h2-14,21,24H,15H2,1H3. The second-order valence-electron chi connectivity index (χ2n) is 5.94. The van der Waals surface area contributed by atoms with Gasteiger partial charge in [-0.05, 0) is 35.9 Å². The van der Waals surface area contributed by atoms with Gasteiger partial charge >= 0.3 is 0 Å². The van der Waals surface area contributed by atoms with Crippen molar-refractivity contribution in [2.24, 2.45) is 0 Å². The summed E-state index contributed by atoms with van der Waals surface area (Å²) in [5, 5.41) is 4.07. The molecule has 3 aromatic carbocycles. The lowest BCUT2D eigenvalue weighted by atomic mass is 9.97. The molecular formula is C22H20ClNO2. The fourth-order valence-corrected chi connectivity index (χ4v) is 3.08. The molecule has 0 amide bonds. The number of hydrogen-bond donors (Lipinski definition) is 1. The average Bonchev–Trinajstić information content (AvgIpc) is 2.69. The Kier molecular flexibility index (Phi) is 5.92. The summed E-state index contributed by atoms with van der Waals surface area (Å²) in [6.07, 6.45) is 0.305. The van der Waals surface area contributed by atoms with Gasteiger partial charge in [-0.25, -0.2) is 0 Å². The lowest BCUT2D eigenvalue weighted by molar-refractivity contribution is 0.0976. The van der Waals surface area contributed by atoms with Crippen LogP contribution in [0.5, 0.6) is 5.75 Å². The third kappa shape index (κ3) is 4.44. The molecule has 1 atom stereocenters. The van der Waals surface area contributed by atoms with Crippen molar-refractivity contribution in [3.63, 3.8) is 0 Å². The molecule has 0 radical (unpaired) electrons. The second kappa shape index (κ2) is 8.54. The molecule has 3 aromatic rings. The molecule has 4 heteroatoms. The summed E-state index contributed by atoms with van der Waals surface area (Å²) < 4.78 is 5.20.